The van der Waals surface area contributed by atoms with Gasteiger partial charge >= 0.3 is 6.36 Å². The van der Waals surface area contributed by atoms with Crippen molar-refractivity contribution in [2.45, 2.75) is 26.3 Å². The number of hydrogen-bond acceptors (Lipinski definition) is 3. The van der Waals surface area contributed by atoms with Gasteiger partial charge in [0.15, 0.2) is 0 Å². The van der Waals surface area contributed by atoms with E-state index in [9.17, 15) is 22.8 Å². The molecule has 2 rings (SSSR count). The summed E-state index contributed by atoms with van der Waals surface area (Å²) < 4.78 is 41.1. The minimum absolute atomic E-state index is 0.145. The van der Waals surface area contributed by atoms with Crippen molar-refractivity contribution in [2.24, 2.45) is 0 Å². The molecule has 1 aromatic carbocycles. The van der Waals surface area contributed by atoms with Crippen LogP contribution in [-0.4, -0.2) is 17.3 Å². The third-order valence-electron chi connectivity index (χ3n) is 3.24. The number of amides is 1. The fourth-order valence-corrected chi connectivity index (χ4v) is 2.15. The molecule has 1 aromatic heterocycles. The summed E-state index contributed by atoms with van der Waals surface area (Å²) in [6.07, 6.45) is -4.37. The van der Waals surface area contributed by atoms with Crippen molar-refractivity contribution in [3.05, 3.63) is 63.6 Å². The van der Waals surface area contributed by atoms with Gasteiger partial charge in [0, 0.05) is 23.9 Å². The molecule has 0 fully saturated rings. The molecule has 24 heavy (non-hydrogen) atoms. The van der Waals surface area contributed by atoms with Crippen LogP contribution < -0.4 is 15.6 Å². The van der Waals surface area contributed by atoms with Crippen LogP contribution in [0.15, 0.2) is 41.2 Å². The number of carbonyl (C=O) groups is 1. The van der Waals surface area contributed by atoms with E-state index in [1.807, 2.05) is 0 Å². The number of hydrogen-bond donors (Lipinski definition) is 2. The maximum atomic E-state index is 12.4. The summed E-state index contributed by atoms with van der Waals surface area (Å²) in [7, 11) is 0. The molecule has 1 amide bonds. The van der Waals surface area contributed by atoms with Crippen LogP contribution in [0.2, 0.25) is 0 Å². The number of nitrogens with one attached hydrogen (secondary N) is 2. The molecule has 0 atom stereocenters. The van der Waals surface area contributed by atoms with Crippen LogP contribution in [-0.2, 0) is 13.0 Å². The normalized spacial score (nSPS) is 11.2. The van der Waals surface area contributed by atoms with Gasteiger partial charge in [-0.25, -0.2) is 0 Å². The van der Waals surface area contributed by atoms with Gasteiger partial charge in [0.05, 0.1) is 5.56 Å². The zero-order chi connectivity index (χ0) is 17.7. The first-order valence-corrected chi connectivity index (χ1v) is 7.14. The average molecular weight is 340 g/mol. The number of pyridine rings is 1. The van der Waals surface area contributed by atoms with Gasteiger partial charge in [0.25, 0.3) is 5.91 Å². The van der Waals surface area contributed by atoms with Crippen molar-refractivity contribution < 1.29 is 22.7 Å². The number of ether oxygens (including phenoxy) is 1. The van der Waals surface area contributed by atoms with Gasteiger partial charge in [-0.15, -0.1) is 13.2 Å². The predicted molar refractivity (Wildman–Crippen MR) is 80.7 cm³/mol. The van der Waals surface area contributed by atoms with E-state index < -0.39 is 12.3 Å². The quantitative estimate of drug-likeness (QED) is 0.879. The third-order valence-corrected chi connectivity index (χ3v) is 3.24. The second-order valence-electron chi connectivity index (χ2n) is 4.91. The number of aromatic amines is 1. The van der Waals surface area contributed by atoms with E-state index in [1.165, 1.54) is 30.3 Å². The molecule has 0 bridgehead atoms. The number of halogens is 3. The van der Waals surface area contributed by atoms with Crippen LogP contribution in [0.1, 0.15) is 28.5 Å². The molecule has 2 N–H and O–H groups in total. The highest BCUT2D eigenvalue weighted by atomic mass is 19.4. The summed E-state index contributed by atoms with van der Waals surface area (Å²) in [6, 6.07) is 8.15. The molecule has 0 radical (unpaired) electrons. The molecule has 0 saturated carbocycles. The van der Waals surface area contributed by atoms with Crippen molar-refractivity contribution >= 4 is 5.91 Å². The lowest BCUT2D eigenvalue weighted by Crippen LogP contribution is -2.26. The number of H-pyrrole nitrogens is 1. The van der Waals surface area contributed by atoms with E-state index in [0.717, 1.165) is 0 Å². The lowest BCUT2D eigenvalue weighted by atomic mass is 10.1. The number of alkyl halides is 3. The van der Waals surface area contributed by atoms with Crippen molar-refractivity contribution in [2.75, 3.05) is 0 Å². The number of para-hydroxylation sites is 1. The Balaban J connectivity index is 2.14. The predicted octanol–water partition coefficient (Wildman–Crippen LogP) is 2.77. The van der Waals surface area contributed by atoms with Gasteiger partial charge in [0.2, 0.25) is 5.56 Å². The average Bonchev–Trinajstić information content (AvgIpc) is 2.52. The van der Waals surface area contributed by atoms with Crippen LogP contribution >= 0.6 is 0 Å². The molecule has 1 heterocycles. The van der Waals surface area contributed by atoms with Crippen LogP contribution in [0, 0.1) is 0 Å². The summed E-state index contributed by atoms with van der Waals surface area (Å²) in [4.78, 5) is 26.0. The Kier molecular flexibility index (Phi) is 5.28. The number of benzene rings is 1. The molecule has 8 heteroatoms. The summed E-state index contributed by atoms with van der Waals surface area (Å²) in [5.74, 6) is -0.868. The maximum absolute atomic E-state index is 12.4. The van der Waals surface area contributed by atoms with Gasteiger partial charge in [-0.3, -0.25) is 9.59 Å². The van der Waals surface area contributed by atoms with Crippen LogP contribution in [0.25, 0.3) is 0 Å². The molecular formula is C16H15F3N2O3. The molecule has 0 saturated heterocycles. The molecule has 0 aliphatic carbocycles. The smallest absolute Gasteiger partial charge is 0.405 e. The van der Waals surface area contributed by atoms with Crippen molar-refractivity contribution in [1.82, 2.24) is 10.3 Å². The minimum atomic E-state index is -4.81. The standard InChI is InChI=1S/C16H15F3N2O3/c1-2-12-11(7-8-14(22)21-12)15(23)20-9-10-5-3-4-6-13(10)24-16(17,18)19/h3-8H,2,9H2,1H3,(H,20,23)(H,21,22). The Morgan fingerprint density at radius 2 is 1.92 bits per heavy atom. The lowest BCUT2D eigenvalue weighted by Gasteiger charge is -2.14. The fraction of sp³-hybridized carbons (Fsp3) is 0.250. The molecule has 128 valence electrons. The topological polar surface area (TPSA) is 71.2 Å². The molecule has 0 spiro atoms. The molecule has 2 aromatic rings. The van der Waals surface area contributed by atoms with Gasteiger partial charge < -0.3 is 15.0 Å². The summed E-state index contributed by atoms with van der Waals surface area (Å²) >= 11 is 0. The minimum Gasteiger partial charge on any atom is -0.405 e. The molecule has 0 aliphatic heterocycles. The Morgan fingerprint density at radius 3 is 2.58 bits per heavy atom. The zero-order valence-corrected chi connectivity index (χ0v) is 12.7. The van der Waals surface area contributed by atoms with E-state index in [0.29, 0.717) is 12.1 Å². The first-order chi connectivity index (χ1) is 11.3. The maximum Gasteiger partial charge on any atom is 0.573 e. The highest BCUT2D eigenvalue weighted by Crippen LogP contribution is 2.26. The largest absolute Gasteiger partial charge is 0.573 e. The number of rotatable bonds is 5. The van der Waals surface area contributed by atoms with E-state index in [1.54, 1.807) is 13.0 Å². The first kappa shape index (κ1) is 17.6. The van der Waals surface area contributed by atoms with Gasteiger partial charge in [0.1, 0.15) is 5.75 Å². The van der Waals surface area contributed by atoms with Crippen molar-refractivity contribution in [1.29, 1.82) is 0 Å². The molecule has 0 aliphatic rings. The number of carbonyl (C=O) groups excluding carboxylic acids is 1. The second kappa shape index (κ2) is 7.20. The summed E-state index contributed by atoms with van der Waals surface area (Å²) in [6.45, 7) is 1.63. The van der Waals surface area contributed by atoms with Crippen LogP contribution in [0.5, 0.6) is 5.75 Å². The Hall–Kier alpha value is -2.77. The molecule has 0 unspecified atom stereocenters. The fourth-order valence-electron chi connectivity index (χ4n) is 2.15. The van der Waals surface area contributed by atoms with Crippen LogP contribution in [0.3, 0.4) is 0 Å². The Morgan fingerprint density at radius 1 is 1.21 bits per heavy atom. The third kappa shape index (κ3) is 4.61. The van der Waals surface area contributed by atoms with E-state index in [2.05, 4.69) is 15.0 Å². The molecular weight excluding hydrogens is 325 g/mol. The van der Waals surface area contributed by atoms with E-state index >= 15 is 0 Å². The Labute approximate surface area is 135 Å². The monoisotopic (exact) mass is 340 g/mol. The van der Waals surface area contributed by atoms with Crippen LogP contribution in [0.4, 0.5) is 13.2 Å². The summed E-state index contributed by atoms with van der Waals surface area (Å²) in [5, 5.41) is 2.53. The number of aromatic nitrogens is 1. The summed E-state index contributed by atoms with van der Waals surface area (Å²) in [5.41, 5.74) is 0.587. The number of aryl methyl sites for hydroxylation is 1. The van der Waals surface area contributed by atoms with Gasteiger partial charge in [-0.05, 0) is 18.6 Å². The zero-order valence-electron chi connectivity index (χ0n) is 12.7. The molecule has 5 nitrogen and oxygen atoms in total. The highest BCUT2D eigenvalue weighted by molar-refractivity contribution is 5.95. The van der Waals surface area contributed by atoms with Gasteiger partial charge in [-0.2, -0.15) is 0 Å². The van der Waals surface area contributed by atoms with E-state index in [4.69, 9.17) is 0 Å². The SMILES string of the molecule is CCc1[nH]c(=O)ccc1C(=O)NCc1ccccc1OC(F)(F)F. The van der Waals surface area contributed by atoms with E-state index in [-0.39, 0.29) is 29.0 Å². The highest BCUT2D eigenvalue weighted by Gasteiger charge is 2.32. The first-order valence-electron chi connectivity index (χ1n) is 7.14. The Bertz CT molecular complexity index is 785. The van der Waals surface area contributed by atoms with Crippen molar-refractivity contribution in [3.8, 4) is 5.75 Å². The second-order valence-corrected chi connectivity index (χ2v) is 4.91. The lowest BCUT2D eigenvalue weighted by molar-refractivity contribution is -0.274. The van der Waals surface area contributed by atoms with Gasteiger partial charge in [-0.1, -0.05) is 25.1 Å². The van der Waals surface area contributed by atoms with Crippen molar-refractivity contribution in [3.63, 3.8) is 0 Å².